The van der Waals surface area contributed by atoms with E-state index < -0.39 is 11.7 Å². The van der Waals surface area contributed by atoms with Crippen molar-refractivity contribution in [1.29, 1.82) is 0 Å². The zero-order valence-corrected chi connectivity index (χ0v) is 13.9. The van der Waals surface area contributed by atoms with Crippen molar-refractivity contribution >= 4 is 28.3 Å². The summed E-state index contributed by atoms with van der Waals surface area (Å²) in [5.74, 6) is -1.15. The van der Waals surface area contributed by atoms with Gasteiger partial charge in [0.15, 0.2) is 5.13 Å². The van der Waals surface area contributed by atoms with Gasteiger partial charge in [0.1, 0.15) is 5.82 Å². The average molecular weight is 347 g/mol. The first-order valence-corrected chi connectivity index (χ1v) is 8.75. The minimum absolute atomic E-state index is 0.152. The summed E-state index contributed by atoms with van der Waals surface area (Å²) in [6.07, 6.45) is 5.50. The van der Waals surface area contributed by atoms with E-state index in [9.17, 15) is 14.0 Å². The highest BCUT2D eigenvalue weighted by Gasteiger charge is 2.15. The molecule has 2 N–H and O–H groups in total. The standard InChI is InChI=1S/C17H18FN3O2S/c18-12-8-6-11(7-9-12)16(23)19-10-15(22)21-17-20-13-4-2-1-3-5-14(13)24-17/h6-9H,1-5,10H2,(H,19,23)(H,20,21,22). The molecule has 7 heteroatoms. The summed E-state index contributed by atoms with van der Waals surface area (Å²) < 4.78 is 12.8. The van der Waals surface area contributed by atoms with Gasteiger partial charge in [0.05, 0.1) is 12.2 Å². The lowest BCUT2D eigenvalue weighted by Crippen LogP contribution is -2.32. The van der Waals surface area contributed by atoms with E-state index in [1.807, 2.05) is 0 Å². The minimum Gasteiger partial charge on any atom is -0.343 e. The van der Waals surface area contributed by atoms with Crippen molar-refractivity contribution in [2.75, 3.05) is 11.9 Å². The third kappa shape index (κ3) is 4.17. The maximum Gasteiger partial charge on any atom is 0.251 e. The van der Waals surface area contributed by atoms with Gasteiger partial charge in [0.25, 0.3) is 5.91 Å². The summed E-state index contributed by atoms with van der Waals surface area (Å²) in [7, 11) is 0. The van der Waals surface area contributed by atoms with Gasteiger partial charge in [0, 0.05) is 10.4 Å². The van der Waals surface area contributed by atoms with Crippen LogP contribution in [0.25, 0.3) is 0 Å². The van der Waals surface area contributed by atoms with Crippen molar-refractivity contribution < 1.29 is 14.0 Å². The number of aromatic nitrogens is 1. The van der Waals surface area contributed by atoms with Gasteiger partial charge in [-0.1, -0.05) is 6.42 Å². The van der Waals surface area contributed by atoms with Crippen molar-refractivity contribution in [2.24, 2.45) is 0 Å². The van der Waals surface area contributed by atoms with E-state index in [0.717, 1.165) is 31.4 Å². The molecule has 0 saturated heterocycles. The van der Waals surface area contributed by atoms with Crippen LogP contribution >= 0.6 is 11.3 Å². The Kier molecular flexibility index (Phi) is 5.20. The molecule has 0 fully saturated rings. The number of hydrogen-bond donors (Lipinski definition) is 2. The Morgan fingerprint density at radius 1 is 1.12 bits per heavy atom. The molecule has 2 aromatic rings. The molecule has 0 atom stereocenters. The molecular formula is C17H18FN3O2S. The van der Waals surface area contributed by atoms with Crippen LogP contribution in [0.15, 0.2) is 24.3 Å². The number of fused-ring (bicyclic) bond motifs is 1. The molecule has 0 spiro atoms. The summed E-state index contributed by atoms with van der Waals surface area (Å²) in [6, 6.07) is 5.16. The van der Waals surface area contributed by atoms with Crippen LogP contribution in [0.3, 0.4) is 0 Å². The first-order chi connectivity index (χ1) is 11.6. The minimum atomic E-state index is -0.417. The van der Waals surface area contributed by atoms with Crippen LogP contribution in [0.4, 0.5) is 9.52 Å². The fraction of sp³-hybridized carbons (Fsp3) is 0.353. The number of hydrogen-bond acceptors (Lipinski definition) is 4. The largest absolute Gasteiger partial charge is 0.343 e. The van der Waals surface area contributed by atoms with Gasteiger partial charge >= 0.3 is 0 Å². The van der Waals surface area contributed by atoms with E-state index in [1.54, 1.807) is 0 Å². The molecule has 1 aliphatic rings. The number of benzene rings is 1. The van der Waals surface area contributed by atoms with Gasteiger partial charge in [-0.2, -0.15) is 0 Å². The Morgan fingerprint density at radius 2 is 1.88 bits per heavy atom. The number of carbonyl (C=O) groups is 2. The summed E-state index contributed by atoms with van der Waals surface area (Å²) in [6.45, 7) is -0.152. The Bertz CT molecular complexity index is 719. The van der Waals surface area contributed by atoms with E-state index in [-0.39, 0.29) is 12.5 Å². The molecule has 1 heterocycles. The lowest BCUT2D eigenvalue weighted by Gasteiger charge is -2.05. The highest BCUT2D eigenvalue weighted by molar-refractivity contribution is 7.15. The monoisotopic (exact) mass is 347 g/mol. The molecule has 3 rings (SSSR count). The topological polar surface area (TPSA) is 71.1 Å². The summed E-state index contributed by atoms with van der Waals surface area (Å²) in [5, 5.41) is 5.83. The fourth-order valence-electron chi connectivity index (χ4n) is 2.61. The Labute approximate surface area is 143 Å². The van der Waals surface area contributed by atoms with Crippen LogP contribution < -0.4 is 10.6 Å². The lowest BCUT2D eigenvalue weighted by atomic mass is 10.2. The number of carbonyl (C=O) groups excluding carboxylic acids is 2. The zero-order chi connectivity index (χ0) is 16.9. The summed E-state index contributed by atoms with van der Waals surface area (Å²) in [5.41, 5.74) is 1.40. The quantitative estimate of drug-likeness (QED) is 0.836. The zero-order valence-electron chi connectivity index (χ0n) is 13.1. The van der Waals surface area contributed by atoms with Crippen LogP contribution in [-0.4, -0.2) is 23.3 Å². The Balaban J connectivity index is 1.52. The maximum atomic E-state index is 12.8. The molecule has 0 radical (unpaired) electrons. The van der Waals surface area contributed by atoms with Crippen LogP contribution in [0, 0.1) is 5.82 Å². The second-order valence-electron chi connectivity index (χ2n) is 5.69. The highest BCUT2D eigenvalue weighted by Crippen LogP contribution is 2.28. The predicted octanol–water partition coefficient (Wildman–Crippen LogP) is 2.92. The number of halogens is 1. The number of amides is 2. The second-order valence-corrected chi connectivity index (χ2v) is 6.77. The molecule has 0 aliphatic heterocycles. The lowest BCUT2D eigenvalue weighted by molar-refractivity contribution is -0.115. The van der Waals surface area contributed by atoms with Gasteiger partial charge in [0.2, 0.25) is 5.91 Å². The van der Waals surface area contributed by atoms with Crippen molar-refractivity contribution in [2.45, 2.75) is 32.1 Å². The van der Waals surface area contributed by atoms with Gasteiger partial charge in [-0.15, -0.1) is 11.3 Å². The molecule has 5 nitrogen and oxygen atoms in total. The van der Waals surface area contributed by atoms with Crippen LogP contribution in [0.2, 0.25) is 0 Å². The fourth-order valence-corrected chi connectivity index (χ4v) is 3.68. The highest BCUT2D eigenvalue weighted by atomic mass is 32.1. The maximum absolute atomic E-state index is 12.8. The molecule has 1 aromatic carbocycles. The molecule has 0 saturated carbocycles. The van der Waals surface area contributed by atoms with Crippen molar-refractivity contribution in [3.05, 3.63) is 46.2 Å². The van der Waals surface area contributed by atoms with Crippen molar-refractivity contribution in [3.8, 4) is 0 Å². The number of nitrogens with one attached hydrogen (secondary N) is 2. The predicted molar refractivity (Wildman–Crippen MR) is 90.7 cm³/mol. The second kappa shape index (κ2) is 7.53. The van der Waals surface area contributed by atoms with Crippen molar-refractivity contribution in [3.63, 3.8) is 0 Å². The number of nitrogens with zero attached hydrogens (tertiary/aromatic N) is 1. The number of aryl methyl sites for hydroxylation is 2. The number of rotatable bonds is 4. The van der Waals surface area contributed by atoms with Crippen LogP contribution in [0.1, 0.15) is 40.2 Å². The first-order valence-electron chi connectivity index (χ1n) is 7.94. The molecule has 0 unspecified atom stereocenters. The molecular weight excluding hydrogens is 329 g/mol. The van der Waals surface area contributed by atoms with Gasteiger partial charge in [-0.05, 0) is 49.9 Å². The summed E-state index contributed by atoms with van der Waals surface area (Å²) >= 11 is 1.51. The third-order valence-corrected chi connectivity index (χ3v) is 4.93. The normalized spacial score (nSPS) is 13.7. The molecule has 0 bridgehead atoms. The molecule has 2 amide bonds. The van der Waals surface area contributed by atoms with Crippen LogP contribution in [-0.2, 0) is 17.6 Å². The number of thiazole rings is 1. The average Bonchev–Trinajstić information content (AvgIpc) is 2.81. The van der Waals surface area contributed by atoms with E-state index in [4.69, 9.17) is 0 Å². The van der Waals surface area contributed by atoms with Gasteiger partial charge in [-0.25, -0.2) is 9.37 Å². The summed E-state index contributed by atoms with van der Waals surface area (Å²) in [4.78, 5) is 29.6. The molecule has 24 heavy (non-hydrogen) atoms. The third-order valence-electron chi connectivity index (χ3n) is 3.86. The van der Waals surface area contributed by atoms with E-state index in [0.29, 0.717) is 10.7 Å². The smallest absolute Gasteiger partial charge is 0.251 e. The first kappa shape index (κ1) is 16.6. The SMILES string of the molecule is O=C(CNC(=O)c1ccc(F)cc1)Nc1nc2c(s1)CCCCC2. The number of anilines is 1. The molecule has 1 aromatic heterocycles. The van der Waals surface area contributed by atoms with Crippen LogP contribution in [0.5, 0.6) is 0 Å². The Morgan fingerprint density at radius 3 is 2.67 bits per heavy atom. The van der Waals surface area contributed by atoms with Gasteiger partial charge < -0.3 is 10.6 Å². The van der Waals surface area contributed by atoms with Gasteiger partial charge in [-0.3, -0.25) is 9.59 Å². The van der Waals surface area contributed by atoms with Crippen molar-refractivity contribution in [1.82, 2.24) is 10.3 Å². The Hall–Kier alpha value is -2.28. The van der Waals surface area contributed by atoms with E-state index in [2.05, 4.69) is 15.6 Å². The molecule has 126 valence electrons. The van der Waals surface area contributed by atoms with E-state index in [1.165, 1.54) is 46.9 Å². The van der Waals surface area contributed by atoms with E-state index >= 15 is 0 Å². The molecule has 1 aliphatic carbocycles.